The van der Waals surface area contributed by atoms with E-state index in [2.05, 4.69) is 5.32 Å². The van der Waals surface area contributed by atoms with Gasteiger partial charge in [0.1, 0.15) is 12.1 Å². The van der Waals surface area contributed by atoms with Crippen LogP contribution in [0.1, 0.15) is 26.2 Å². The van der Waals surface area contributed by atoms with Gasteiger partial charge in [0.15, 0.2) is 5.78 Å². The SMILES string of the molecule is CSCC[C@@H](C(C)=O)N1C(=O)N[C@@H](CCC(N)=O)C1=O. The largest absolute Gasteiger partial charge is 0.370 e. The van der Waals surface area contributed by atoms with E-state index >= 15 is 0 Å². The molecule has 7 nitrogen and oxygen atoms in total. The first-order valence-electron chi connectivity index (χ1n) is 6.29. The molecule has 1 aliphatic heterocycles. The first-order valence-corrected chi connectivity index (χ1v) is 7.69. The summed E-state index contributed by atoms with van der Waals surface area (Å²) in [5, 5.41) is 2.49. The molecule has 0 bridgehead atoms. The quantitative estimate of drug-likeness (QED) is 0.608. The van der Waals surface area contributed by atoms with Crippen molar-refractivity contribution in [3.05, 3.63) is 0 Å². The van der Waals surface area contributed by atoms with Gasteiger partial charge in [0.25, 0.3) is 5.91 Å². The van der Waals surface area contributed by atoms with Crippen LogP contribution >= 0.6 is 11.8 Å². The Kier molecular flexibility index (Phi) is 6.00. The molecule has 2 atom stereocenters. The maximum atomic E-state index is 12.2. The van der Waals surface area contributed by atoms with E-state index in [0.29, 0.717) is 12.2 Å². The van der Waals surface area contributed by atoms with Gasteiger partial charge in [0, 0.05) is 6.42 Å². The van der Waals surface area contributed by atoms with Gasteiger partial charge in [-0.2, -0.15) is 11.8 Å². The summed E-state index contributed by atoms with van der Waals surface area (Å²) >= 11 is 1.54. The summed E-state index contributed by atoms with van der Waals surface area (Å²) in [6.45, 7) is 1.36. The van der Waals surface area contributed by atoms with E-state index in [1.165, 1.54) is 6.92 Å². The van der Waals surface area contributed by atoms with Crippen LogP contribution < -0.4 is 11.1 Å². The summed E-state index contributed by atoms with van der Waals surface area (Å²) in [7, 11) is 0. The number of carbonyl (C=O) groups excluding carboxylic acids is 4. The van der Waals surface area contributed by atoms with Crippen molar-refractivity contribution in [1.82, 2.24) is 10.2 Å². The standard InChI is InChI=1S/C12H19N3O4S/c1-7(16)9(5-6-20-2)15-11(18)8(14-12(15)19)3-4-10(13)17/h8-9H,3-6H2,1-2H3,(H2,13,17)(H,14,19)/t8-,9-/m0/s1. The second-order valence-corrected chi connectivity index (χ2v) is 5.61. The lowest BCUT2D eigenvalue weighted by Crippen LogP contribution is -2.45. The number of urea groups is 1. The third-order valence-corrected chi connectivity index (χ3v) is 3.75. The Bertz CT molecular complexity index is 427. The monoisotopic (exact) mass is 301 g/mol. The van der Waals surface area contributed by atoms with Crippen LogP contribution in [0, 0.1) is 0 Å². The third-order valence-electron chi connectivity index (χ3n) is 3.11. The molecule has 1 aliphatic rings. The van der Waals surface area contributed by atoms with Crippen LogP contribution in [-0.2, 0) is 14.4 Å². The summed E-state index contributed by atoms with van der Waals surface area (Å²) < 4.78 is 0. The van der Waals surface area contributed by atoms with Gasteiger partial charge in [-0.05, 0) is 31.8 Å². The van der Waals surface area contributed by atoms with Crippen LogP contribution in [0.25, 0.3) is 0 Å². The number of carbonyl (C=O) groups is 4. The van der Waals surface area contributed by atoms with Crippen molar-refractivity contribution >= 4 is 35.4 Å². The predicted molar refractivity (Wildman–Crippen MR) is 75.1 cm³/mol. The number of rotatable bonds is 8. The minimum atomic E-state index is -0.772. The van der Waals surface area contributed by atoms with Gasteiger partial charge in [-0.15, -0.1) is 0 Å². The van der Waals surface area contributed by atoms with Crippen LogP contribution in [0.4, 0.5) is 4.79 Å². The Morgan fingerprint density at radius 2 is 2.10 bits per heavy atom. The second-order valence-electron chi connectivity index (χ2n) is 4.62. The van der Waals surface area contributed by atoms with Crippen molar-refractivity contribution in [3.8, 4) is 0 Å². The van der Waals surface area contributed by atoms with Gasteiger partial charge in [-0.1, -0.05) is 0 Å². The average Bonchev–Trinajstić information content (AvgIpc) is 2.63. The lowest BCUT2D eigenvalue weighted by atomic mass is 10.1. The topological polar surface area (TPSA) is 110 Å². The molecule has 0 aromatic heterocycles. The molecule has 0 radical (unpaired) electrons. The highest BCUT2D eigenvalue weighted by atomic mass is 32.2. The summed E-state index contributed by atoms with van der Waals surface area (Å²) in [6, 6.07) is -2.09. The van der Waals surface area contributed by atoms with E-state index in [4.69, 9.17) is 5.73 Å². The van der Waals surface area contributed by atoms with Crippen molar-refractivity contribution in [2.45, 2.75) is 38.3 Å². The minimum Gasteiger partial charge on any atom is -0.370 e. The molecular formula is C12H19N3O4S. The molecule has 20 heavy (non-hydrogen) atoms. The Hall–Kier alpha value is -1.57. The molecule has 4 amide bonds. The molecule has 0 aromatic carbocycles. The normalized spacial score (nSPS) is 19.9. The van der Waals surface area contributed by atoms with E-state index in [1.807, 2.05) is 6.26 Å². The van der Waals surface area contributed by atoms with Gasteiger partial charge in [-0.3, -0.25) is 19.3 Å². The second kappa shape index (κ2) is 7.28. The summed E-state index contributed by atoms with van der Waals surface area (Å²) in [6.07, 6.45) is 2.49. The van der Waals surface area contributed by atoms with Crippen LogP contribution in [0.15, 0.2) is 0 Å². The van der Waals surface area contributed by atoms with Crippen LogP contribution in [0.5, 0.6) is 0 Å². The molecule has 1 fully saturated rings. The van der Waals surface area contributed by atoms with Gasteiger partial charge in [0.2, 0.25) is 5.91 Å². The van der Waals surface area contributed by atoms with E-state index in [-0.39, 0.29) is 18.6 Å². The molecule has 0 saturated carbocycles. The number of nitrogens with one attached hydrogen (secondary N) is 1. The summed E-state index contributed by atoms with van der Waals surface area (Å²) in [5.74, 6) is -0.542. The predicted octanol–water partition coefficient (Wildman–Crippen LogP) is -0.117. The summed E-state index contributed by atoms with van der Waals surface area (Å²) in [5.41, 5.74) is 5.03. The molecule has 112 valence electrons. The van der Waals surface area contributed by atoms with E-state index in [0.717, 1.165) is 4.90 Å². The van der Waals surface area contributed by atoms with Crippen molar-refractivity contribution in [1.29, 1.82) is 0 Å². The molecule has 1 saturated heterocycles. The van der Waals surface area contributed by atoms with Gasteiger partial charge in [-0.25, -0.2) is 4.79 Å². The first kappa shape index (κ1) is 16.5. The van der Waals surface area contributed by atoms with E-state index < -0.39 is 29.9 Å². The average molecular weight is 301 g/mol. The maximum absolute atomic E-state index is 12.2. The molecule has 1 heterocycles. The highest BCUT2D eigenvalue weighted by Crippen LogP contribution is 2.18. The molecule has 0 spiro atoms. The number of hydrogen-bond acceptors (Lipinski definition) is 5. The number of Topliss-reactive ketones (excluding diaryl/α,β-unsaturated/α-hetero) is 1. The number of amides is 4. The highest BCUT2D eigenvalue weighted by molar-refractivity contribution is 7.98. The number of primary amides is 1. The third kappa shape index (κ3) is 3.96. The van der Waals surface area contributed by atoms with Crippen LogP contribution in [0.3, 0.4) is 0 Å². The number of hydrogen-bond donors (Lipinski definition) is 2. The van der Waals surface area contributed by atoms with Crippen molar-refractivity contribution in [2.75, 3.05) is 12.0 Å². The Balaban J connectivity index is 2.77. The smallest absolute Gasteiger partial charge is 0.325 e. The van der Waals surface area contributed by atoms with Gasteiger partial charge >= 0.3 is 6.03 Å². The van der Waals surface area contributed by atoms with Crippen molar-refractivity contribution in [2.24, 2.45) is 5.73 Å². The maximum Gasteiger partial charge on any atom is 0.325 e. The molecule has 3 N–H and O–H groups in total. The molecular weight excluding hydrogens is 282 g/mol. The van der Waals surface area contributed by atoms with Crippen molar-refractivity contribution < 1.29 is 19.2 Å². The van der Waals surface area contributed by atoms with Gasteiger partial charge in [0.05, 0.1) is 0 Å². The number of thioether (sulfide) groups is 1. The van der Waals surface area contributed by atoms with Gasteiger partial charge < -0.3 is 11.1 Å². The number of nitrogens with two attached hydrogens (primary N) is 1. The molecule has 0 unspecified atom stereocenters. The zero-order valence-electron chi connectivity index (χ0n) is 11.5. The fraction of sp³-hybridized carbons (Fsp3) is 0.667. The van der Waals surface area contributed by atoms with Crippen molar-refractivity contribution in [3.63, 3.8) is 0 Å². The first-order chi connectivity index (χ1) is 9.38. The minimum absolute atomic E-state index is 0.0140. The van der Waals surface area contributed by atoms with E-state index in [1.54, 1.807) is 11.8 Å². The number of imide groups is 1. The number of nitrogens with zero attached hydrogens (tertiary/aromatic N) is 1. The zero-order valence-corrected chi connectivity index (χ0v) is 12.4. The Morgan fingerprint density at radius 3 is 2.60 bits per heavy atom. The fourth-order valence-electron chi connectivity index (χ4n) is 2.07. The van der Waals surface area contributed by atoms with Crippen LogP contribution in [-0.4, -0.2) is 52.6 Å². The van der Waals surface area contributed by atoms with E-state index in [9.17, 15) is 19.2 Å². The molecule has 1 rings (SSSR count). The molecule has 0 aliphatic carbocycles. The lowest BCUT2D eigenvalue weighted by molar-refractivity contribution is -0.134. The fourth-order valence-corrected chi connectivity index (χ4v) is 2.53. The summed E-state index contributed by atoms with van der Waals surface area (Å²) in [4.78, 5) is 47.4. The Morgan fingerprint density at radius 1 is 1.45 bits per heavy atom. The molecule has 8 heteroatoms. The van der Waals surface area contributed by atoms with Crippen LogP contribution in [0.2, 0.25) is 0 Å². The zero-order chi connectivity index (χ0) is 15.3. The lowest BCUT2D eigenvalue weighted by Gasteiger charge is -2.22. The molecule has 0 aromatic rings. The number of ketones is 1. The highest BCUT2D eigenvalue weighted by Gasteiger charge is 2.43. The Labute approximate surface area is 121 Å².